The molecule has 0 aliphatic carbocycles. The molecule has 0 amide bonds. The molecule has 4 rings (SSSR count). The minimum Gasteiger partial charge on any atom is -0.216 e. The van der Waals surface area contributed by atoms with Gasteiger partial charge < -0.3 is 0 Å². The highest BCUT2D eigenvalue weighted by Gasteiger charge is 2.11. The van der Waals surface area contributed by atoms with Gasteiger partial charge in [-0.05, 0) is 37.6 Å². The SMILES string of the molecule is Cc1cc(C)n2nc(SCc3nnc(SCc4cccc(Cl)c4)s3)nc2n1. The molecule has 0 N–H and O–H groups in total. The molecule has 0 fully saturated rings. The summed E-state index contributed by atoms with van der Waals surface area (Å²) in [6, 6.07) is 9.86. The van der Waals surface area contributed by atoms with Crippen LogP contribution in [-0.4, -0.2) is 29.8 Å². The quantitative estimate of drug-likeness (QED) is 0.402. The van der Waals surface area contributed by atoms with Gasteiger partial charge in [-0.15, -0.1) is 15.3 Å². The Labute approximate surface area is 173 Å². The van der Waals surface area contributed by atoms with Crippen molar-refractivity contribution >= 4 is 52.2 Å². The van der Waals surface area contributed by atoms with Crippen LogP contribution in [0.1, 0.15) is 22.0 Å². The highest BCUT2D eigenvalue weighted by atomic mass is 35.5. The topological polar surface area (TPSA) is 68.9 Å². The van der Waals surface area contributed by atoms with E-state index in [1.54, 1.807) is 39.4 Å². The molecule has 138 valence electrons. The number of rotatable bonds is 6. The lowest BCUT2D eigenvalue weighted by molar-refractivity contribution is 0.843. The fraction of sp³-hybridized carbons (Fsp3) is 0.235. The van der Waals surface area contributed by atoms with E-state index in [0.29, 0.717) is 16.7 Å². The lowest BCUT2D eigenvalue weighted by atomic mass is 10.2. The number of aryl methyl sites for hydroxylation is 2. The Balaban J connectivity index is 1.37. The van der Waals surface area contributed by atoms with E-state index in [4.69, 9.17) is 11.6 Å². The zero-order chi connectivity index (χ0) is 18.8. The van der Waals surface area contributed by atoms with Crippen LogP contribution >= 0.6 is 46.5 Å². The van der Waals surface area contributed by atoms with Crippen molar-refractivity contribution in [2.24, 2.45) is 0 Å². The molecule has 0 atom stereocenters. The van der Waals surface area contributed by atoms with Gasteiger partial charge in [-0.3, -0.25) is 0 Å². The van der Waals surface area contributed by atoms with Crippen molar-refractivity contribution in [3.05, 3.63) is 57.3 Å². The van der Waals surface area contributed by atoms with Crippen molar-refractivity contribution in [3.8, 4) is 0 Å². The average Bonchev–Trinajstić information content (AvgIpc) is 3.25. The maximum absolute atomic E-state index is 6.02. The maximum atomic E-state index is 6.02. The standard InChI is InChI=1S/C17H15ClN6S3/c1-10-6-11(2)24-15(19-10)20-16(23-24)25-9-14-21-22-17(27-14)26-8-12-4-3-5-13(18)7-12/h3-7H,8-9H2,1-2H3. The molecule has 3 heterocycles. The van der Waals surface area contributed by atoms with E-state index in [0.717, 1.165) is 31.5 Å². The molecule has 0 saturated heterocycles. The second-order valence-corrected chi connectivity index (χ2v) is 9.48. The minimum absolute atomic E-state index is 0.630. The van der Waals surface area contributed by atoms with Crippen molar-refractivity contribution in [1.82, 2.24) is 29.8 Å². The highest BCUT2D eigenvalue weighted by molar-refractivity contribution is 8.00. The Kier molecular flexibility index (Phi) is 5.63. The number of hydrogen-bond acceptors (Lipinski definition) is 8. The molecule has 6 nitrogen and oxygen atoms in total. The van der Waals surface area contributed by atoms with Gasteiger partial charge >= 0.3 is 0 Å². The van der Waals surface area contributed by atoms with E-state index in [9.17, 15) is 0 Å². The van der Waals surface area contributed by atoms with E-state index >= 15 is 0 Å². The number of fused-ring (bicyclic) bond motifs is 1. The lowest BCUT2D eigenvalue weighted by Crippen LogP contribution is -1.97. The van der Waals surface area contributed by atoms with Crippen LogP contribution in [0.4, 0.5) is 0 Å². The molecular weight excluding hydrogens is 420 g/mol. The second-order valence-electron chi connectivity index (χ2n) is 5.81. The first-order valence-electron chi connectivity index (χ1n) is 8.10. The summed E-state index contributed by atoms with van der Waals surface area (Å²) in [7, 11) is 0. The average molecular weight is 435 g/mol. The summed E-state index contributed by atoms with van der Waals surface area (Å²) < 4.78 is 2.71. The number of nitrogens with zero attached hydrogens (tertiary/aromatic N) is 6. The van der Waals surface area contributed by atoms with Gasteiger partial charge in [-0.2, -0.15) is 4.98 Å². The molecule has 10 heteroatoms. The van der Waals surface area contributed by atoms with Gasteiger partial charge in [0.15, 0.2) is 4.34 Å². The largest absolute Gasteiger partial charge is 0.253 e. The van der Waals surface area contributed by atoms with Crippen LogP contribution in [0.5, 0.6) is 0 Å². The Bertz CT molecular complexity index is 1090. The zero-order valence-corrected chi connectivity index (χ0v) is 17.8. The van der Waals surface area contributed by atoms with Gasteiger partial charge in [-0.25, -0.2) is 9.50 Å². The predicted octanol–water partition coefficient (Wildman–Crippen LogP) is 4.83. The van der Waals surface area contributed by atoms with Crippen LogP contribution < -0.4 is 0 Å². The third-order valence-electron chi connectivity index (χ3n) is 3.62. The molecule has 0 saturated carbocycles. The summed E-state index contributed by atoms with van der Waals surface area (Å²) in [4.78, 5) is 8.90. The third-order valence-corrected chi connectivity index (χ3v) is 7.02. The lowest BCUT2D eigenvalue weighted by Gasteiger charge is -1.98. The van der Waals surface area contributed by atoms with E-state index in [2.05, 4.69) is 31.3 Å². The number of halogens is 1. The summed E-state index contributed by atoms with van der Waals surface area (Å²) in [5.41, 5.74) is 3.13. The summed E-state index contributed by atoms with van der Waals surface area (Å²) in [6.45, 7) is 3.96. The highest BCUT2D eigenvalue weighted by Crippen LogP contribution is 2.29. The van der Waals surface area contributed by atoms with Crippen LogP contribution in [0.2, 0.25) is 5.02 Å². The van der Waals surface area contributed by atoms with Crippen LogP contribution in [0, 0.1) is 13.8 Å². The van der Waals surface area contributed by atoms with Gasteiger partial charge in [0.05, 0.1) is 5.75 Å². The van der Waals surface area contributed by atoms with E-state index in [-0.39, 0.29) is 0 Å². The van der Waals surface area contributed by atoms with Crippen molar-refractivity contribution in [1.29, 1.82) is 0 Å². The molecule has 1 aromatic carbocycles. The molecule has 0 aliphatic rings. The summed E-state index contributed by atoms with van der Waals surface area (Å²) in [5, 5.41) is 15.4. The van der Waals surface area contributed by atoms with Crippen molar-refractivity contribution in [2.75, 3.05) is 0 Å². The Morgan fingerprint density at radius 1 is 1.07 bits per heavy atom. The van der Waals surface area contributed by atoms with Gasteiger partial charge in [0, 0.05) is 22.2 Å². The molecular formula is C17H15ClN6S3. The van der Waals surface area contributed by atoms with Crippen LogP contribution in [0.25, 0.3) is 5.78 Å². The first-order valence-corrected chi connectivity index (χ1v) is 11.3. The normalized spacial score (nSPS) is 11.4. The van der Waals surface area contributed by atoms with Crippen LogP contribution in [-0.2, 0) is 11.5 Å². The molecule has 0 aliphatic heterocycles. The van der Waals surface area contributed by atoms with Crippen molar-refractivity contribution in [2.45, 2.75) is 34.8 Å². The second kappa shape index (κ2) is 8.14. The molecule has 0 unspecified atom stereocenters. The van der Waals surface area contributed by atoms with Crippen molar-refractivity contribution in [3.63, 3.8) is 0 Å². The van der Waals surface area contributed by atoms with Gasteiger partial charge in [-0.1, -0.05) is 58.6 Å². The summed E-state index contributed by atoms with van der Waals surface area (Å²) in [6.07, 6.45) is 0. The van der Waals surface area contributed by atoms with Gasteiger partial charge in [0.1, 0.15) is 5.01 Å². The number of benzene rings is 1. The number of thioether (sulfide) groups is 2. The smallest absolute Gasteiger partial charge is 0.216 e. The fourth-order valence-corrected chi connectivity index (χ4v) is 5.32. The van der Waals surface area contributed by atoms with Crippen LogP contribution in [0.3, 0.4) is 0 Å². The summed E-state index contributed by atoms with van der Waals surface area (Å²) >= 11 is 10.8. The fourth-order valence-electron chi connectivity index (χ4n) is 2.46. The minimum atomic E-state index is 0.630. The molecule has 27 heavy (non-hydrogen) atoms. The van der Waals surface area contributed by atoms with E-state index in [1.807, 2.05) is 38.1 Å². The molecule has 0 radical (unpaired) electrons. The molecule has 4 aromatic rings. The zero-order valence-electron chi connectivity index (χ0n) is 14.6. The van der Waals surface area contributed by atoms with E-state index in [1.165, 1.54) is 5.56 Å². The first-order chi connectivity index (χ1) is 13.1. The Morgan fingerprint density at radius 3 is 2.81 bits per heavy atom. The Hall–Kier alpha value is -1.68. The van der Waals surface area contributed by atoms with Gasteiger partial charge in [0.25, 0.3) is 5.78 Å². The third kappa shape index (κ3) is 4.60. The van der Waals surface area contributed by atoms with Gasteiger partial charge in [0.2, 0.25) is 5.16 Å². The summed E-state index contributed by atoms with van der Waals surface area (Å²) in [5.74, 6) is 2.13. The molecule has 0 spiro atoms. The number of hydrogen-bond donors (Lipinski definition) is 0. The predicted molar refractivity (Wildman–Crippen MR) is 111 cm³/mol. The monoisotopic (exact) mass is 434 g/mol. The Morgan fingerprint density at radius 2 is 1.96 bits per heavy atom. The molecule has 3 aromatic heterocycles. The van der Waals surface area contributed by atoms with Crippen molar-refractivity contribution < 1.29 is 0 Å². The molecule has 0 bridgehead atoms. The van der Waals surface area contributed by atoms with Crippen LogP contribution in [0.15, 0.2) is 39.8 Å². The van der Waals surface area contributed by atoms with E-state index < -0.39 is 0 Å². The number of aromatic nitrogens is 6. The first kappa shape index (κ1) is 18.7. The maximum Gasteiger partial charge on any atom is 0.253 e.